The van der Waals surface area contributed by atoms with Gasteiger partial charge in [-0.1, -0.05) is 42.7 Å². The maximum atomic E-state index is 13.0. The summed E-state index contributed by atoms with van der Waals surface area (Å²) in [4.78, 5) is 30.9. The van der Waals surface area contributed by atoms with Gasteiger partial charge in [0, 0.05) is 10.6 Å². The van der Waals surface area contributed by atoms with E-state index in [-0.39, 0.29) is 30.2 Å². The van der Waals surface area contributed by atoms with Gasteiger partial charge in [-0.2, -0.15) is 13.2 Å². The number of nitrogens with zero attached hydrogens (tertiary/aromatic N) is 2. The van der Waals surface area contributed by atoms with Crippen molar-refractivity contribution in [2.24, 2.45) is 11.1 Å². The summed E-state index contributed by atoms with van der Waals surface area (Å²) in [5.74, 6) is -1.14. The van der Waals surface area contributed by atoms with E-state index in [2.05, 4.69) is 5.16 Å². The Kier molecular flexibility index (Phi) is 6.17. The van der Waals surface area contributed by atoms with Gasteiger partial charge in [-0.25, -0.2) is 4.79 Å². The molecule has 0 unspecified atom stereocenters. The second-order valence-electron chi connectivity index (χ2n) is 7.25. The second kappa shape index (κ2) is 8.47. The summed E-state index contributed by atoms with van der Waals surface area (Å²) in [5, 5.41) is 4.06. The van der Waals surface area contributed by atoms with Gasteiger partial charge < -0.3 is 9.74 Å². The number of rotatable bonds is 5. The van der Waals surface area contributed by atoms with E-state index < -0.39 is 23.6 Å². The van der Waals surface area contributed by atoms with Crippen LogP contribution in [-0.2, 0) is 27.1 Å². The summed E-state index contributed by atoms with van der Waals surface area (Å²) < 4.78 is 39.0. The molecular formula is C21H18ClF3N2O3. The predicted octanol–water partition coefficient (Wildman–Crippen LogP) is 5.20. The molecule has 1 amide bonds. The quantitative estimate of drug-likeness (QED) is 0.476. The molecule has 0 bridgehead atoms. The van der Waals surface area contributed by atoms with E-state index in [0.717, 1.165) is 12.1 Å². The third-order valence-corrected chi connectivity index (χ3v) is 4.60. The van der Waals surface area contributed by atoms with Gasteiger partial charge in [0.15, 0.2) is 5.71 Å². The van der Waals surface area contributed by atoms with Crippen LogP contribution < -0.4 is 4.90 Å². The monoisotopic (exact) mass is 438 g/mol. The summed E-state index contributed by atoms with van der Waals surface area (Å²) in [6.07, 6.45) is -4.37. The Morgan fingerprint density at radius 3 is 2.60 bits per heavy atom. The van der Waals surface area contributed by atoms with Crippen molar-refractivity contribution < 1.29 is 27.6 Å². The van der Waals surface area contributed by atoms with Gasteiger partial charge >= 0.3 is 12.1 Å². The normalized spacial score (nSPS) is 15.1. The standard InChI is InChI=1S/C21H18ClF3N2O3/c1-12(2)8-18(28)30-26-19-16-10-15(22)6-7-17(16)27(20(19)29)11-13-4-3-5-14(9-13)21(23,24)25/h3-7,9-10,12H,8,11H2,1-2H3/b26-19+. The summed E-state index contributed by atoms with van der Waals surface area (Å²) >= 11 is 6.03. The summed E-state index contributed by atoms with van der Waals surface area (Å²) in [5.41, 5.74) is 0.116. The number of oxime groups is 1. The second-order valence-corrected chi connectivity index (χ2v) is 7.69. The zero-order valence-corrected chi connectivity index (χ0v) is 16.9. The van der Waals surface area contributed by atoms with E-state index in [1.807, 2.05) is 13.8 Å². The minimum atomic E-state index is -4.49. The van der Waals surface area contributed by atoms with E-state index in [1.54, 1.807) is 12.1 Å². The molecule has 9 heteroatoms. The number of carbonyl (C=O) groups excluding carboxylic acids is 2. The van der Waals surface area contributed by atoms with E-state index in [1.165, 1.54) is 23.1 Å². The number of benzene rings is 2. The minimum absolute atomic E-state index is 0.0520. The molecule has 0 N–H and O–H groups in total. The Hall–Kier alpha value is -2.87. The fourth-order valence-corrected chi connectivity index (χ4v) is 3.20. The van der Waals surface area contributed by atoms with Crippen LogP contribution in [-0.4, -0.2) is 17.6 Å². The molecule has 0 saturated carbocycles. The molecule has 0 aliphatic carbocycles. The van der Waals surface area contributed by atoms with Gasteiger partial charge in [0.1, 0.15) is 0 Å². The van der Waals surface area contributed by atoms with Crippen molar-refractivity contribution in [2.75, 3.05) is 4.90 Å². The Labute approximate surface area is 176 Å². The van der Waals surface area contributed by atoms with Crippen LogP contribution in [0, 0.1) is 5.92 Å². The fourth-order valence-electron chi connectivity index (χ4n) is 3.03. The molecule has 30 heavy (non-hydrogen) atoms. The van der Waals surface area contributed by atoms with Gasteiger partial charge in [-0.05, 0) is 41.8 Å². The highest BCUT2D eigenvalue weighted by Gasteiger charge is 2.36. The minimum Gasteiger partial charge on any atom is -0.317 e. The lowest BCUT2D eigenvalue weighted by atomic mass is 10.1. The third-order valence-electron chi connectivity index (χ3n) is 4.36. The van der Waals surface area contributed by atoms with Crippen molar-refractivity contribution in [3.8, 4) is 0 Å². The van der Waals surface area contributed by atoms with Crippen molar-refractivity contribution in [3.05, 3.63) is 64.2 Å². The van der Waals surface area contributed by atoms with E-state index in [9.17, 15) is 22.8 Å². The SMILES string of the molecule is CC(C)CC(=O)O/N=C1/C(=O)N(Cc2cccc(C(F)(F)F)c2)c2ccc(Cl)cc21. The van der Waals surface area contributed by atoms with Gasteiger partial charge in [0.2, 0.25) is 0 Å². The van der Waals surface area contributed by atoms with Gasteiger partial charge in [0.25, 0.3) is 5.91 Å². The predicted molar refractivity (Wildman–Crippen MR) is 106 cm³/mol. The molecule has 3 rings (SSSR count). The Morgan fingerprint density at radius 2 is 1.93 bits per heavy atom. The molecule has 1 heterocycles. The number of fused-ring (bicyclic) bond motifs is 1. The van der Waals surface area contributed by atoms with Crippen LogP contribution in [0.3, 0.4) is 0 Å². The lowest BCUT2D eigenvalue weighted by Crippen LogP contribution is -2.30. The first-order chi connectivity index (χ1) is 14.1. The van der Waals surface area contributed by atoms with Crippen LogP contribution in [0.2, 0.25) is 5.02 Å². The Balaban J connectivity index is 1.92. The van der Waals surface area contributed by atoms with E-state index in [4.69, 9.17) is 16.4 Å². The van der Waals surface area contributed by atoms with Gasteiger partial charge in [0.05, 0.1) is 24.2 Å². The highest BCUT2D eigenvalue weighted by molar-refractivity contribution is 6.54. The van der Waals surface area contributed by atoms with Crippen LogP contribution >= 0.6 is 11.6 Å². The molecule has 5 nitrogen and oxygen atoms in total. The smallest absolute Gasteiger partial charge is 0.317 e. The lowest BCUT2D eigenvalue weighted by Gasteiger charge is -2.18. The number of halogens is 4. The molecule has 0 spiro atoms. The molecule has 2 aromatic rings. The molecule has 1 aliphatic heterocycles. The number of hydrogen-bond donors (Lipinski definition) is 0. The van der Waals surface area contributed by atoms with Crippen molar-refractivity contribution in [2.45, 2.75) is 33.0 Å². The number of anilines is 1. The van der Waals surface area contributed by atoms with Crippen LogP contribution in [0.4, 0.5) is 18.9 Å². The van der Waals surface area contributed by atoms with Crippen molar-refractivity contribution in [1.82, 2.24) is 0 Å². The first kappa shape index (κ1) is 21.8. The molecule has 0 radical (unpaired) electrons. The lowest BCUT2D eigenvalue weighted by molar-refractivity contribution is -0.144. The topological polar surface area (TPSA) is 59.0 Å². The zero-order valence-electron chi connectivity index (χ0n) is 16.2. The number of hydrogen-bond acceptors (Lipinski definition) is 4. The zero-order chi connectivity index (χ0) is 22.1. The molecule has 0 fully saturated rings. The third kappa shape index (κ3) is 4.81. The largest absolute Gasteiger partial charge is 0.416 e. The Morgan fingerprint density at radius 1 is 1.20 bits per heavy atom. The molecule has 0 saturated heterocycles. The van der Waals surface area contributed by atoms with Crippen LogP contribution in [0.15, 0.2) is 47.6 Å². The molecular weight excluding hydrogens is 421 g/mol. The molecule has 0 aromatic heterocycles. The molecule has 1 aliphatic rings. The molecule has 158 valence electrons. The van der Waals surface area contributed by atoms with Crippen LogP contribution in [0.5, 0.6) is 0 Å². The summed E-state index contributed by atoms with van der Waals surface area (Å²) in [7, 11) is 0. The van der Waals surface area contributed by atoms with Crippen LogP contribution in [0.25, 0.3) is 0 Å². The fraction of sp³-hybridized carbons (Fsp3) is 0.286. The van der Waals surface area contributed by atoms with Gasteiger partial charge in [-0.15, -0.1) is 0 Å². The average Bonchev–Trinajstić information content (AvgIpc) is 2.90. The van der Waals surface area contributed by atoms with Crippen molar-refractivity contribution in [1.29, 1.82) is 0 Å². The van der Waals surface area contributed by atoms with Crippen molar-refractivity contribution >= 4 is 34.9 Å². The highest BCUT2D eigenvalue weighted by atomic mass is 35.5. The maximum absolute atomic E-state index is 13.0. The summed E-state index contributed by atoms with van der Waals surface area (Å²) in [6, 6.07) is 9.35. The highest BCUT2D eigenvalue weighted by Crippen LogP contribution is 2.34. The van der Waals surface area contributed by atoms with Crippen LogP contribution in [0.1, 0.15) is 37.0 Å². The molecule has 0 atom stereocenters. The first-order valence-electron chi connectivity index (χ1n) is 9.12. The average molecular weight is 439 g/mol. The van der Waals surface area contributed by atoms with Gasteiger partial charge in [-0.3, -0.25) is 4.79 Å². The number of alkyl halides is 3. The van der Waals surface area contributed by atoms with Crippen molar-refractivity contribution in [3.63, 3.8) is 0 Å². The Bertz CT molecular complexity index is 1020. The number of amides is 1. The molecule has 2 aromatic carbocycles. The van der Waals surface area contributed by atoms with E-state index >= 15 is 0 Å². The maximum Gasteiger partial charge on any atom is 0.416 e. The van der Waals surface area contributed by atoms with E-state index in [0.29, 0.717) is 16.3 Å². The first-order valence-corrected chi connectivity index (χ1v) is 9.50. The summed E-state index contributed by atoms with van der Waals surface area (Å²) in [6.45, 7) is 3.55. The number of carbonyl (C=O) groups is 2.